The van der Waals surface area contributed by atoms with E-state index in [1.54, 1.807) is 18.9 Å². The van der Waals surface area contributed by atoms with Crippen LogP contribution in [0.4, 0.5) is 0 Å². The first kappa shape index (κ1) is 15.2. The van der Waals surface area contributed by atoms with Gasteiger partial charge in [0.25, 0.3) is 0 Å². The molecule has 20 heavy (non-hydrogen) atoms. The Bertz CT molecular complexity index is 574. The Morgan fingerprint density at radius 2 is 2.00 bits per heavy atom. The Morgan fingerprint density at radius 3 is 2.70 bits per heavy atom. The van der Waals surface area contributed by atoms with Gasteiger partial charge < -0.3 is 10.1 Å². The summed E-state index contributed by atoms with van der Waals surface area (Å²) in [5.74, 6) is 0.880. The molecule has 1 N–H and O–H groups in total. The third kappa shape index (κ3) is 3.92. The maximum Gasteiger partial charge on any atom is 0.132 e. The summed E-state index contributed by atoms with van der Waals surface area (Å²) in [5.41, 5.74) is 1.12. The molecule has 106 valence electrons. The van der Waals surface area contributed by atoms with E-state index in [4.69, 9.17) is 16.3 Å². The van der Waals surface area contributed by atoms with Crippen molar-refractivity contribution >= 4 is 23.4 Å². The summed E-state index contributed by atoms with van der Waals surface area (Å²) in [4.78, 5) is 2.20. The summed E-state index contributed by atoms with van der Waals surface area (Å²) in [5, 5.41) is 4.08. The van der Waals surface area contributed by atoms with Crippen molar-refractivity contribution in [2.45, 2.75) is 23.3 Å². The molecule has 0 aliphatic rings. The van der Waals surface area contributed by atoms with Crippen LogP contribution in [-0.2, 0) is 6.54 Å². The summed E-state index contributed by atoms with van der Waals surface area (Å²) < 4.78 is 5.36. The first-order chi connectivity index (χ1) is 9.74. The molecule has 0 aliphatic heterocycles. The predicted molar refractivity (Wildman–Crippen MR) is 85.9 cm³/mol. The highest BCUT2D eigenvalue weighted by Crippen LogP contribution is 2.36. The molecule has 0 unspecified atom stereocenters. The zero-order valence-corrected chi connectivity index (χ0v) is 13.2. The van der Waals surface area contributed by atoms with Gasteiger partial charge in [0.1, 0.15) is 5.75 Å². The molecule has 4 heteroatoms. The fourth-order valence-corrected chi connectivity index (χ4v) is 3.10. The lowest BCUT2D eigenvalue weighted by Crippen LogP contribution is -2.11. The predicted octanol–water partition coefficient (Wildman–Crippen LogP) is 4.61. The summed E-state index contributed by atoms with van der Waals surface area (Å²) in [6, 6.07) is 14.2. The van der Waals surface area contributed by atoms with E-state index in [-0.39, 0.29) is 0 Å². The van der Waals surface area contributed by atoms with E-state index in [0.717, 1.165) is 39.2 Å². The summed E-state index contributed by atoms with van der Waals surface area (Å²) in [6.07, 6.45) is 0. The zero-order chi connectivity index (χ0) is 14.4. The molecule has 0 amide bonds. The quantitative estimate of drug-likeness (QED) is 0.842. The van der Waals surface area contributed by atoms with Crippen molar-refractivity contribution in [3.05, 3.63) is 53.1 Å². The Kier molecular flexibility index (Phi) is 5.77. The van der Waals surface area contributed by atoms with Gasteiger partial charge >= 0.3 is 0 Å². The van der Waals surface area contributed by atoms with Gasteiger partial charge in [-0.05, 0) is 36.4 Å². The second-order valence-corrected chi connectivity index (χ2v) is 5.81. The molecule has 0 saturated carbocycles. The minimum Gasteiger partial charge on any atom is -0.496 e. The van der Waals surface area contributed by atoms with Crippen molar-refractivity contribution in [3.8, 4) is 5.75 Å². The van der Waals surface area contributed by atoms with E-state index in [9.17, 15) is 0 Å². The van der Waals surface area contributed by atoms with E-state index >= 15 is 0 Å². The molecule has 2 rings (SSSR count). The average Bonchev–Trinajstić information content (AvgIpc) is 2.47. The molecule has 2 nitrogen and oxygen atoms in total. The van der Waals surface area contributed by atoms with Crippen LogP contribution in [0.5, 0.6) is 5.75 Å². The van der Waals surface area contributed by atoms with Crippen LogP contribution < -0.4 is 10.1 Å². The highest BCUT2D eigenvalue weighted by atomic mass is 35.5. The first-order valence-electron chi connectivity index (χ1n) is 6.54. The zero-order valence-electron chi connectivity index (χ0n) is 11.7. The second-order valence-electron chi connectivity index (χ2n) is 4.29. The van der Waals surface area contributed by atoms with Crippen molar-refractivity contribution in [2.75, 3.05) is 13.7 Å². The number of hydrogen-bond acceptors (Lipinski definition) is 3. The Balaban J connectivity index is 2.16. The fourth-order valence-electron chi connectivity index (χ4n) is 1.82. The SMILES string of the molecule is CCNCc1ccc(Sc2ccccc2OC)cc1Cl. The number of methoxy groups -OCH3 is 1. The molecule has 0 fully saturated rings. The van der Waals surface area contributed by atoms with Crippen molar-refractivity contribution in [2.24, 2.45) is 0 Å². The highest BCUT2D eigenvalue weighted by Gasteiger charge is 2.06. The Labute approximate surface area is 129 Å². The van der Waals surface area contributed by atoms with Crippen LogP contribution >= 0.6 is 23.4 Å². The van der Waals surface area contributed by atoms with Crippen LogP contribution in [0, 0.1) is 0 Å². The van der Waals surface area contributed by atoms with Crippen LogP contribution in [-0.4, -0.2) is 13.7 Å². The molecule has 0 heterocycles. The molecule has 0 bridgehead atoms. The topological polar surface area (TPSA) is 21.3 Å². The number of ether oxygens (including phenoxy) is 1. The largest absolute Gasteiger partial charge is 0.496 e. The standard InChI is InChI=1S/C16H18ClNOS/c1-3-18-11-12-8-9-13(10-14(12)17)20-16-7-5-4-6-15(16)19-2/h4-10,18H,3,11H2,1-2H3. The van der Waals surface area contributed by atoms with Crippen LogP contribution in [0.3, 0.4) is 0 Å². The number of nitrogens with one attached hydrogen (secondary N) is 1. The molecule has 0 saturated heterocycles. The third-order valence-electron chi connectivity index (χ3n) is 2.89. The monoisotopic (exact) mass is 307 g/mol. The summed E-state index contributed by atoms with van der Waals surface area (Å²) in [6.45, 7) is 3.82. The van der Waals surface area contributed by atoms with Gasteiger partial charge in [-0.1, -0.05) is 48.5 Å². The smallest absolute Gasteiger partial charge is 0.132 e. The molecule has 0 radical (unpaired) electrons. The van der Waals surface area contributed by atoms with Crippen molar-refractivity contribution < 1.29 is 4.74 Å². The fraction of sp³-hybridized carbons (Fsp3) is 0.250. The summed E-state index contributed by atoms with van der Waals surface area (Å²) >= 11 is 7.98. The van der Waals surface area contributed by atoms with Gasteiger partial charge in [-0.2, -0.15) is 0 Å². The van der Waals surface area contributed by atoms with Crippen LogP contribution in [0.2, 0.25) is 5.02 Å². The van der Waals surface area contributed by atoms with E-state index < -0.39 is 0 Å². The number of benzene rings is 2. The van der Waals surface area contributed by atoms with Crippen LogP contribution in [0.15, 0.2) is 52.3 Å². The van der Waals surface area contributed by atoms with Gasteiger partial charge in [-0.15, -0.1) is 0 Å². The van der Waals surface area contributed by atoms with Crippen LogP contribution in [0.25, 0.3) is 0 Å². The van der Waals surface area contributed by atoms with E-state index in [2.05, 4.69) is 24.4 Å². The van der Waals surface area contributed by atoms with Gasteiger partial charge in [0, 0.05) is 16.5 Å². The van der Waals surface area contributed by atoms with E-state index in [1.807, 2.05) is 30.3 Å². The van der Waals surface area contributed by atoms with Crippen molar-refractivity contribution in [1.29, 1.82) is 0 Å². The molecule has 0 spiro atoms. The molecule has 0 aromatic heterocycles. The lowest BCUT2D eigenvalue weighted by Gasteiger charge is -2.10. The maximum absolute atomic E-state index is 6.32. The molecule has 0 atom stereocenters. The van der Waals surface area contributed by atoms with Gasteiger partial charge in [-0.25, -0.2) is 0 Å². The Morgan fingerprint density at radius 1 is 1.20 bits per heavy atom. The van der Waals surface area contributed by atoms with Crippen molar-refractivity contribution in [1.82, 2.24) is 5.32 Å². The lowest BCUT2D eigenvalue weighted by molar-refractivity contribution is 0.405. The number of halogens is 1. The molecule has 2 aromatic rings. The van der Waals surface area contributed by atoms with Gasteiger partial charge in [0.05, 0.1) is 12.0 Å². The second kappa shape index (κ2) is 7.58. The van der Waals surface area contributed by atoms with Crippen molar-refractivity contribution in [3.63, 3.8) is 0 Å². The minimum absolute atomic E-state index is 0.797. The Hall–Kier alpha value is -1.16. The highest BCUT2D eigenvalue weighted by molar-refractivity contribution is 7.99. The first-order valence-corrected chi connectivity index (χ1v) is 7.74. The third-order valence-corrected chi connectivity index (χ3v) is 4.29. The molecule has 0 aliphatic carbocycles. The molecular weight excluding hydrogens is 290 g/mol. The van der Waals surface area contributed by atoms with E-state index in [0.29, 0.717) is 0 Å². The number of hydrogen-bond donors (Lipinski definition) is 1. The normalized spacial score (nSPS) is 10.6. The average molecular weight is 308 g/mol. The minimum atomic E-state index is 0.797. The number of rotatable bonds is 6. The lowest BCUT2D eigenvalue weighted by atomic mass is 10.2. The van der Waals surface area contributed by atoms with Gasteiger partial charge in [0.2, 0.25) is 0 Å². The molecular formula is C16H18ClNOS. The molecule has 2 aromatic carbocycles. The van der Waals surface area contributed by atoms with E-state index in [1.165, 1.54) is 0 Å². The summed E-state index contributed by atoms with van der Waals surface area (Å²) in [7, 11) is 1.69. The maximum atomic E-state index is 6.32. The van der Waals surface area contributed by atoms with Gasteiger partial charge in [-0.3, -0.25) is 0 Å². The number of para-hydroxylation sites is 1. The van der Waals surface area contributed by atoms with Crippen LogP contribution in [0.1, 0.15) is 12.5 Å². The van der Waals surface area contributed by atoms with Gasteiger partial charge in [0.15, 0.2) is 0 Å².